The first-order valence-corrected chi connectivity index (χ1v) is 36.6. The predicted octanol–water partition coefficient (Wildman–Crippen LogP) is 17.8. The van der Waals surface area contributed by atoms with Crippen molar-refractivity contribution in [3.63, 3.8) is 0 Å². The average Bonchev–Trinajstić information content (AvgIpc) is 1.10. The van der Waals surface area contributed by atoms with E-state index in [1.807, 2.05) is 0 Å². The molecule has 0 saturated heterocycles. The predicted molar refractivity (Wildman–Crippen MR) is 368 cm³/mol. The number of nitrogens with one attached hydrogen (secondary N) is 4. The lowest BCUT2D eigenvalue weighted by Crippen LogP contribution is -2.51. The number of allylic oxidation sites excluding steroid dienone is 2. The van der Waals surface area contributed by atoms with Gasteiger partial charge in [-0.1, -0.05) is 214 Å². The number of hydrogen-bond donors (Lipinski definition) is 6. The van der Waals surface area contributed by atoms with Gasteiger partial charge in [0, 0.05) is 43.6 Å². The molecule has 1 saturated carbocycles. The Labute approximate surface area is 551 Å². The molecule has 1 heterocycles. The van der Waals surface area contributed by atoms with E-state index in [4.69, 9.17) is 18.9 Å². The summed E-state index contributed by atoms with van der Waals surface area (Å²) in [6.07, 6.45) is 47.7. The molecule has 1 aliphatic rings. The molecule has 2 rings (SSSR count). The average molecular weight is 1280 g/mol. The Morgan fingerprint density at radius 1 is 0.571 bits per heavy atom. The first-order chi connectivity index (χ1) is 43.8. The number of H-pyrrole nitrogens is 1. The van der Waals surface area contributed by atoms with Crippen molar-refractivity contribution in [2.75, 3.05) is 25.1 Å². The number of carbonyl (C=O) groups excluding carboxylic acids is 5. The van der Waals surface area contributed by atoms with E-state index in [0.717, 1.165) is 199 Å². The van der Waals surface area contributed by atoms with Gasteiger partial charge in [0.2, 0.25) is 5.95 Å². The zero-order valence-electron chi connectivity index (χ0n) is 58.4. The maximum atomic E-state index is 13.5. The molecule has 0 spiro atoms. The lowest BCUT2D eigenvalue weighted by Gasteiger charge is -2.46. The number of aryl methyl sites for hydroxylation is 1. The molecular formula is C74H131N5O12. The fraction of sp³-hybridized carbons (Fsp3) is 0.824. The van der Waals surface area contributed by atoms with E-state index in [2.05, 4.69) is 91.8 Å². The number of ether oxygens (including phenoxy) is 4. The van der Waals surface area contributed by atoms with Crippen LogP contribution in [-0.2, 0) is 33.3 Å². The molecule has 5 atom stereocenters. The topological polar surface area (TPSA) is 245 Å². The summed E-state index contributed by atoms with van der Waals surface area (Å²) in [6, 6.07) is 0.784. The van der Waals surface area contributed by atoms with Crippen molar-refractivity contribution in [3.8, 4) is 0 Å². The monoisotopic (exact) mass is 1280 g/mol. The molecule has 17 heteroatoms. The van der Waals surface area contributed by atoms with Gasteiger partial charge in [0.05, 0.1) is 12.2 Å². The Balaban J connectivity index is 1.76. The Bertz CT molecular complexity index is 2120. The molecule has 0 aromatic carbocycles. The summed E-state index contributed by atoms with van der Waals surface area (Å²) in [5, 5.41) is 29.2. The molecule has 6 N–H and O–H groups in total. The van der Waals surface area contributed by atoms with E-state index < -0.39 is 18.1 Å². The van der Waals surface area contributed by atoms with Crippen molar-refractivity contribution in [1.82, 2.24) is 20.6 Å². The van der Waals surface area contributed by atoms with Gasteiger partial charge in [-0.3, -0.25) is 29.5 Å². The van der Waals surface area contributed by atoms with E-state index in [1.54, 1.807) is 6.92 Å². The summed E-state index contributed by atoms with van der Waals surface area (Å²) in [7, 11) is 0. The zero-order chi connectivity index (χ0) is 66.6. The van der Waals surface area contributed by atoms with Crippen LogP contribution in [0.4, 0.5) is 15.5 Å². The fourth-order valence-electron chi connectivity index (χ4n) is 12.7. The van der Waals surface area contributed by atoms with Crippen LogP contribution in [0.1, 0.15) is 330 Å². The lowest BCUT2D eigenvalue weighted by atomic mass is 9.62. The Morgan fingerprint density at radius 3 is 1.49 bits per heavy atom. The summed E-state index contributed by atoms with van der Waals surface area (Å²) < 4.78 is 23.1. The molecule has 0 aliphatic heterocycles. The number of unbranched alkanes of at least 4 members (excludes halogenated alkanes) is 26. The number of aliphatic hydroxyl groups is 2. The van der Waals surface area contributed by atoms with E-state index in [9.17, 15) is 39.0 Å². The van der Waals surface area contributed by atoms with E-state index in [1.165, 1.54) is 44.6 Å². The maximum absolute atomic E-state index is 13.5. The van der Waals surface area contributed by atoms with Gasteiger partial charge in [0.25, 0.3) is 5.56 Å². The summed E-state index contributed by atoms with van der Waals surface area (Å²) in [5.41, 5.74) is -0.216. The molecule has 0 bridgehead atoms. The SMILES string of the molecule is CCCCCCC(O)CC=CCCCCCCCC(=O)OCC(COC(=O)CCCCCCCC=CCC(O)CCCCCC)OC(=O)CCCCCCCCCCC(CCCCCC)OC(=O)NC1CC(C)(C)CC(C)(CNC(=O)Nc2nc(C)cc(=O)[nH]2)C1. The van der Waals surface area contributed by atoms with Gasteiger partial charge >= 0.3 is 30.0 Å². The van der Waals surface area contributed by atoms with Crippen LogP contribution in [0, 0.1) is 17.8 Å². The first-order valence-electron chi connectivity index (χ1n) is 36.6. The highest BCUT2D eigenvalue weighted by atomic mass is 16.6. The maximum Gasteiger partial charge on any atom is 0.407 e. The van der Waals surface area contributed by atoms with E-state index in [-0.39, 0.29) is 97.2 Å². The minimum atomic E-state index is -0.877. The Morgan fingerprint density at radius 2 is 1.01 bits per heavy atom. The van der Waals surface area contributed by atoms with Crippen LogP contribution in [0.15, 0.2) is 35.2 Å². The highest BCUT2D eigenvalue weighted by Gasteiger charge is 2.42. The van der Waals surface area contributed by atoms with E-state index >= 15 is 0 Å². The molecule has 5 unspecified atom stereocenters. The normalized spacial score (nSPS) is 16.9. The van der Waals surface area contributed by atoms with Gasteiger partial charge in [0.1, 0.15) is 19.3 Å². The molecule has 91 heavy (non-hydrogen) atoms. The summed E-state index contributed by atoms with van der Waals surface area (Å²) in [6.45, 7) is 14.8. The number of rotatable bonds is 56. The number of esters is 3. The van der Waals surface area contributed by atoms with Crippen molar-refractivity contribution in [2.24, 2.45) is 10.8 Å². The van der Waals surface area contributed by atoms with Gasteiger partial charge in [-0.15, -0.1) is 0 Å². The van der Waals surface area contributed by atoms with E-state index in [0.29, 0.717) is 37.9 Å². The number of aromatic nitrogens is 2. The minimum absolute atomic E-state index is 0.0837. The zero-order valence-corrected chi connectivity index (χ0v) is 58.4. The molecule has 3 amide bonds. The highest BCUT2D eigenvalue weighted by molar-refractivity contribution is 5.87. The molecule has 1 aromatic rings. The van der Waals surface area contributed by atoms with Gasteiger partial charge in [-0.2, -0.15) is 0 Å². The Kier molecular flexibility index (Phi) is 47.6. The van der Waals surface area contributed by atoms with Gasteiger partial charge in [-0.05, 0) is 133 Å². The fourth-order valence-corrected chi connectivity index (χ4v) is 12.7. The number of aliphatic hydroxyl groups excluding tert-OH is 2. The second-order valence-electron chi connectivity index (χ2n) is 27.7. The summed E-state index contributed by atoms with van der Waals surface area (Å²) >= 11 is 0. The van der Waals surface area contributed by atoms with Gasteiger partial charge in [0.15, 0.2) is 6.10 Å². The van der Waals surface area contributed by atoms with Crippen LogP contribution < -0.4 is 21.5 Å². The molecule has 1 aromatic heterocycles. The van der Waals surface area contributed by atoms with Crippen molar-refractivity contribution in [3.05, 3.63) is 46.4 Å². The summed E-state index contributed by atoms with van der Waals surface area (Å²) in [4.78, 5) is 83.7. The van der Waals surface area contributed by atoms with Crippen LogP contribution >= 0.6 is 0 Å². The molecule has 524 valence electrons. The third-order valence-corrected chi connectivity index (χ3v) is 17.4. The molecule has 17 nitrogen and oxygen atoms in total. The number of nitrogens with zero attached hydrogens (tertiary/aromatic N) is 1. The lowest BCUT2D eigenvalue weighted by molar-refractivity contribution is -0.167. The van der Waals surface area contributed by atoms with Crippen LogP contribution in [-0.4, -0.2) is 100 Å². The Hall–Kier alpha value is -4.77. The van der Waals surface area contributed by atoms with Gasteiger partial charge in [-0.25, -0.2) is 14.6 Å². The minimum Gasteiger partial charge on any atom is -0.462 e. The van der Waals surface area contributed by atoms with Crippen LogP contribution in [0.2, 0.25) is 0 Å². The standard InChI is InChI=1S/C74H131N5O12/c1-8-11-14-35-44-62(80)46-37-29-23-17-20-26-32-41-50-67(83)88-56-65(57-89-68(84)51-42-33-27-21-18-24-30-38-47-63(81)45-36-15-12-9-2)90-69(85)52-43-34-28-22-19-25-31-40-49-64(48-39-16-13-10-3)91-72(87)77-61-54-73(5,6)58-74(7,55-61)59-75-71(86)79-70-76-60(4)53-66(82)78-70/h29-30,37-38,53,61-65,80-81H,8-28,31-36,39-52,54-59H2,1-7H3,(H,77,87)(H3,75,76,78,79,82,86). The highest BCUT2D eigenvalue weighted by Crippen LogP contribution is 2.46. The number of carbonyl (C=O) groups is 5. The van der Waals surface area contributed by atoms with Crippen molar-refractivity contribution in [2.45, 2.75) is 361 Å². The third-order valence-electron chi connectivity index (χ3n) is 17.4. The van der Waals surface area contributed by atoms with Crippen molar-refractivity contribution in [1.29, 1.82) is 0 Å². The number of amides is 3. The van der Waals surface area contributed by atoms with Crippen molar-refractivity contribution >= 4 is 36.0 Å². The van der Waals surface area contributed by atoms with Gasteiger partial charge < -0.3 is 39.8 Å². The van der Waals surface area contributed by atoms with Crippen LogP contribution in [0.3, 0.4) is 0 Å². The number of aromatic amines is 1. The molecular weight excluding hydrogens is 1150 g/mol. The number of alkyl carbamates (subject to hydrolysis) is 1. The number of anilines is 1. The first kappa shape index (κ1) is 82.3. The quantitative estimate of drug-likeness (QED) is 0.0154. The third kappa shape index (κ3) is 46.9. The number of hydrogen-bond acceptors (Lipinski definition) is 13. The van der Waals surface area contributed by atoms with Crippen LogP contribution in [0.5, 0.6) is 0 Å². The molecule has 1 aliphatic carbocycles. The number of urea groups is 1. The second-order valence-corrected chi connectivity index (χ2v) is 27.7. The van der Waals surface area contributed by atoms with Crippen LogP contribution in [0.25, 0.3) is 0 Å². The smallest absolute Gasteiger partial charge is 0.407 e. The molecule has 0 radical (unpaired) electrons. The largest absolute Gasteiger partial charge is 0.462 e. The molecule has 1 fully saturated rings. The second kappa shape index (κ2) is 52.6. The summed E-state index contributed by atoms with van der Waals surface area (Å²) in [5.74, 6) is -1.02. The van der Waals surface area contributed by atoms with Crippen molar-refractivity contribution < 1.29 is 53.1 Å².